The van der Waals surface area contributed by atoms with E-state index in [1.54, 1.807) is 0 Å². The third-order valence-corrected chi connectivity index (χ3v) is 4.06. The summed E-state index contributed by atoms with van der Waals surface area (Å²) in [5, 5.41) is 5.88. The van der Waals surface area contributed by atoms with E-state index in [9.17, 15) is 0 Å². The van der Waals surface area contributed by atoms with Crippen molar-refractivity contribution < 1.29 is 4.74 Å². The Morgan fingerprint density at radius 3 is 2.80 bits per heavy atom. The second-order valence-corrected chi connectivity index (χ2v) is 6.05. The number of hydrogen-bond acceptors (Lipinski definition) is 3. The molecule has 0 saturated heterocycles. The summed E-state index contributed by atoms with van der Waals surface area (Å²) in [4.78, 5) is 4.72. The third-order valence-electron chi connectivity index (χ3n) is 4.06. The van der Waals surface area contributed by atoms with Crippen molar-refractivity contribution in [2.75, 3.05) is 6.61 Å². The molecule has 0 aliphatic heterocycles. The number of hydrogen-bond donors (Lipinski definition) is 1. The van der Waals surface area contributed by atoms with Gasteiger partial charge >= 0.3 is 0 Å². The first-order valence-corrected chi connectivity index (χ1v) is 7.63. The average Bonchev–Trinajstić information content (AvgIpc) is 3.37. The van der Waals surface area contributed by atoms with Gasteiger partial charge in [0, 0.05) is 18.0 Å². The van der Waals surface area contributed by atoms with E-state index in [1.807, 2.05) is 0 Å². The summed E-state index contributed by atoms with van der Waals surface area (Å²) in [6, 6.07) is 11.2. The Kier molecular flexibility index (Phi) is 3.07. The van der Waals surface area contributed by atoms with E-state index in [-0.39, 0.29) is 0 Å². The predicted molar refractivity (Wildman–Crippen MR) is 79.8 cm³/mol. The topological polar surface area (TPSA) is 34.1 Å². The SMILES string of the molecule is c1ccc2c(OCC3CC3)nc(CNC3CC3)cc2c1. The molecule has 3 nitrogen and oxygen atoms in total. The summed E-state index contributed by atoms with van der Waals surface area (Å²) in [6.45, 7) is 1.66. The van der Waals surface area contributed by atoms with Gasteiger partial charge in [-0.2, -0.15) is 0 Å². The lowest BCUT2D eigenvalue weighted by atomic mass is 10.1. The van der Waals surface area contributed by atoms with Gasteiger partial charge in [-0.05, 0) is 49.1 Å². The van der Waals surface area contributed by atoms with E-state index in [4.69, 9.17) is 9.72 Å². The minimum atomic E-state index is 0.708. The van der Waals surface area contributed by atoms with E-state index in [2.05, 4.69) is 35.6 Å². The van der Waals surface area contributed by atoms with Gasteiger partial charge in [0.15, 0.2) is 0 Å². The first kappa shape index (κ1) is 12.2. The molecule has 2 fully saturated rings. The Bertz CT molecular complexity index is 617. The molecule has 0 spiro atoms. The van der Waals surface area contributed by atoms with Crippen molar-refractivity contribution in [2.24, 2.45) is 5.92 Å². The van der Waals surface area contributed by atoms with E-state index < -0.39 is 0 Å². The number of pyridine rings is 1. The normalized spacial score (nSPS) is 18.4. The van der Waals surface area contributed by atoms with Crippen molar-refractivity contribution in [3.05, 3.63) is 36.0 Å². The van der Waals surface area contributed by atoms with E-state index in [0.29, 0.717) is 6.04 Å². The van der Waals surface area contributed by atoms with E-state index in [0.717, 1.165) is 36.0 Å². The highest BCUT2D eigenvalue weighted by Gasteiger charge is 2.23. The van der Waals surface area contributed by atoms with Crippen LogP contribution in [-0.2, 0) is 6.54 Å². The molecule has 0 radical (unpaired) electrons. The van der Waals surface area contributed by atoms with Crippen LogP contribution in [0.5, 0.6) is 5.88 Å². The molecule has 1 N–H and O–H groups in total. The zero-order valence-electron chi connectivity index (χ0n) is 11.6. The number of ether oxygens (including phenoxy) is 1. The molecule has 1 aromatic carbocycles. The first-order chi connectivity index (χ1) is 9.88. The fourth-order valence-electron chi connectivity index (χ4n) is 2.44. The van der Waals surface area contributed by atoms with Gasteiger partial charge in [0.1, 0.15) is 0 Å². The van der Waals surface area contributed by atoms with E-state index >= 15 is 0 Å². The smallest absolute Gasteiger partial charge is 0.221 e. The van der Waals surface area contributed by atoms with Crippen LogP contribution in [-0.4, -0.2) is 17.6 Å². The van der Waals surface area contributed by atoms with Crippen molar-refractivity contribution in [3.8, 4) is 5.88 Å². The van der Waals surface area contributed by atoms with Crippen LogP contribution >= 0.6 is 0 Å². The van der Waals surface area contributed by atoms with Crippen molar-refractivity contribution in [1.82, 2.24) is 10.3 Å². The quantitative estimate of drug-likeness (QED) is 0.873. The number of aromatic nitrogens is 1. The molecule has 104 valence electrons. The number of rotatable bonds is 6. The first-order valence-electron chi connectivity index (χ1n) is 7.63. The third kappa shape index (κ3) is 2.78. The molecule has 0 bridgehead atoms. The largest absolute Gasteiger partial charge is 0.477 e. The van der Waals surface area contributed by atoms with Crippen molar-refractivity contribution in [3.63, 3.8) is 0 Å². The molecule has 2 aliphatic rings. The zero-order chi connectivity index (χ0) is 13.4. The Labute approximate surface area is 119 Å². The minimum Gasteiger partial charge on any atom is -0.477 e. The minimum absolute atomic E-state index is 0.708. The van der Waals surface area contributed by atoms with Crippen LogP contribution in [0.4, 0.5) is 0 Å². The molecular weight excluding hydrogens is 248 g/mol. The predicted octanol–water partition coefficient (Wildman–Crippen LogP) is 3.28. The monoisotopic (exact) mass is 268 g/mol. The zero-order valence-corrected chi connectivity index (χ0v) is 11.6. The van der Waals surface area contributed by atoms with Gasteiger partial charge in [-0.3, -0.25) is 0 Å². The van der Waals surface area contributed by atoms with E-state index in [1.165, 1.54) is 31.1 Å². The van der Waals surface area contributed by atoms with Crippen LogP contribution in [0.3, 0.4) is 0 Å². The van der Waals surface area contributed by atoms with Crippen LogP contribution in [0.25, 0.3) is 10.8 Å². The molecule has 1 heterocycles. The van der Waals surface area contributed by atoms with Crippen molar-refractivity contribution >= 4 is 10.8 Å². The average molecular weight is 268 g/mol. The number of fused-ring (bicyclic) bond motifs is 1. The van der Waals surface area contributed by atoms with Crippen LogP contribution < -0.4 is 10.1 Å². The highest BCUT2D eigenvalue weighted by atomic mass is 16.5. The maximum Gasteiger partial charge on any atom is 0.221 e. The maximum absolute atomic E-state index is 5.97. The molecule has 0 unspecified atom stereocenters. The van der Waals surface area contributed by atoms with Gasteiger partial charge in [-0.1, -0.05) is 18.2 Å². The number of nitrogens with zero attached hydrogens (tertiary/aromatic N) is 1. The van der Waals surface area contributed by atoms with Crippen LogP contribution in [0, 0.1) is 5.92 Å². The highest BCUT2D eigenvalue weighted by molar-refractivity contribution is 5.87. The van der Waals surface area contributed by atoms with Gasteiger partial charge < -0.3 is 10.1 Å². The molecule has 2 saturated carbocycles. The van der Waals surface area contributed by atoms with Gasteiger partial charge in [-0.25, -0.2) is 4.98 Å². The number of nitrogens with one attached hydrogen (secondary N) is 1. The summed E-state index contributed by atoms with van der Waals surface area (Å²) < 4.78 is 5.97. The summed E-state index contributed by atoms with van der Waals surface area (Å²) in [5.41, 5.74) is 1.08. The molecule has 20 heavy (non-hydrogen) atoms. The fourth-order valence-corrected chi connectivity index (χ4v) is 2.44. The van der Waals surface area contributed by atoms with Crippen LogP contribution in [0.15, 0.2) is 30.3 Å². The second-order valence-electron chi connectivity index (χ2n) is 6.05. The fraction of sp³-hybridized carbons (Fsp3) is 0.471. The summed E-state index contributed by atoms with van der Waals surface area (Å²) in [5.74, 6) is 1.56. The van der Waals surface area contributed by atoms with Gasteiger partial charge in [-0.15, -0.1) is 0 Å². The lowest BCUT2D eigenvalue weighted by Crippen LogP contribution is -2.16. The van der Waals surface area contributed by atoms with Crippen molar-refractivity contribution in [2.45, 2.75) is 38.3 Å². The molecule has 4 rings (SSSR count). The molecule has 0 amide bonds. The molecule has 1 aromatic heterocycles. The highest BCUT2D eigenvalue weighted by Crippen LogP contribution is 2.31. The molecule has 2 aliphatic carbocycles. The molecular formula is C17H20N2O. The van der Waals surface area contributed by atoms with Gasteiger partial charge in [0.2, 0.25) is 5.88 Å². The molecule has 2 aromatic rings. The van der Waals surface area contributed by atoms with Crippen LogP contribution in [0.2, 0.25) is 0 Å². The maximum atomic E-state index is 5.97. The lowest BCUT2D eigenvalue weighted by molar-refractivity contribution is 0.291. The summed E-state index contributed by atoms with van der Waals surface area (Å²) in [6.07, 6.45) is 5.22. The van der Waals surface area contributed by atoms with Crippen molar-refractivity contribution in [1.29, 1.82) is 0 Å². The Balaban J connectivity index is 1.61. The summed E-state index contributed by atoms with van der Waals surface area (Å²) >= 11 is 0. The second kappa shape index (κ2) is 5.06. The molecule has 3 heteroatoms. The Morgan fingerprint density at radius 2 is 2.00 bits per heavy atom. The van der Waals surface area contributed by atoms with Gasteiger partial charge in [0.25, 0.3) is 0 Å². The van der Waals surface area contributed by atoms with Crippen LogP contribution in [0.1, 0.15) is 31.4 Å². The lowest BCUT2D eigenvalue weighted by Gasteiger charge is -2.11. The molecule has 0 atom stereocenters. The summed E-state index contributed by atoms with van der Waals surface area (Å²) in [7, 11) is 0. The Hall–Kier alpha value is -1.61. The Morgan fingerprint density at radius 1 is 1.15 bits per heavy atom. The number of benzene rings is 1. The standard InChI is InChI=1S/C17H20N2O/c1-2-4-16-13(3-1)9-15(10-18-14-7-8-14)19-17(16)20-11-12-5-6-12/h1-4,9,12,14,18H,5-8,10-11H2. The van der Waals surface area contributed by atoms with Gasteiger partial charge in [0.05, 0.1) is 12.3 Å².